The topological polar surface area (TPSA) is 29.5 Å². The van der Waals surface area contributed by atoms with E-state index in [1.54, 1.807) is 0 Å². The van der Waals surface area contributed by atoms with E-state index in [0.717, 1.165) is 11.8 Å². The summed E-state index contributed by atoms with van der Waals surface area (Å²) in [5, 5.41) is 8.23. The smallest absolute Gasteiger partial charge is 0.396 e. The number of rotatable bonds is 5. The summed E-state index contributed by atoms with van der Waals surface area (Å²) in [6.07, 6.45) is -4.25. The van der Waals surface area contributed by atoms with Crippen LogP contribution in [0.1, 0.15) is 0 Å². The number of thioether (sulfide) groups is 1. The van der Waals surface area contributed by atoms with Crippen molar-refractivity contribution in [2.24, 2.45) is 0 Å². The summed E-state index contributed by atoms with van der Waals surface area (Å²) in [6, 6.07) is 0. The van der Waals surface area contributed by atoms with Gasteiger partial charge in [0.15, 0.2) is 0 Å². The number of ether oxygens (including phenoxy) is 1. The molecule has 0 spiro atoms. The molecule has 0 fully saturated rings. The molecule has 0 atom stereocenters. The van der Waals surface area contributed by atoms with Crippen LogP contribution in [0, 0.1) is 0 Å². The Bertz CT molecular complexity index is 96.2. The molecule has 0 aromatic rings. The normalized spacial score (nSPS) is 12.0. The van der Waals surface area contributed by atoms with Crippen LogP contribution in [-0.4, -0.2) is 36.2 Å². The molecule has 6 heteroatoms. The third-order valence-corrected chi connectivity index (χ3v) is 1.47. The Morgan fingerprint density at radius 1 is 1.36 bits per heavy atom. The Balaban J connectivity index is 3.02. The molecule has 11 heavy (non-hydrogen) atoms. The van der Waals surface area contributed by atoms with Gasteiger partial charge in [-0.05, 0) is 0 Å². The summed E-state index contributed by atoms with van der Waals surface area (Å²) < 4.78 is 38.4. The quantitative estimate of drug-likeness (QED) is 0.522. The van der Waals surface area contributed by atoms with Crippen LogP contribution in [0.4, 0.5) is 13.2 Å². The van der Waals surface area contributed by atoms with Crippen LogP contribution >= 0.6 is 11.8 Å². The molecule has 68 valence electrons. The number of aliphatic hydroxyl groups excluding tert-OH is 1. The van der Waals surface area contributed by atoms with Crippen molar-refractivity contribution in [3.63, 3.8) is 0 Å². The van der Waals surface area contributed by atoms with E-state index in [9.17, 15) is 13.2 Å². The average molecular weight is 190 g/mol. The minimum atomic E-state index is -4.25. The van der Waals surface area contributed by atoms with Gasteiger partial charge in [-0.1, -0.05) is 0 Å². The molecule has 0 aromatic carbocycles. The van der Waals surface area contributed by atoms with E-state index in [-0.39, 0.29) is 12.5 Å². The molecule has 0 radical (unpaired) electrons. The molecule has 0 heterocycles. The van der Waals surface area contributed by atoms with Crippen molar-refractivity contribution in [2.45, 2.75) is 6.18 Å². The predicted octanol–water partition coefficient (Wildman–Crippen LogP) is 1.25. The van der Waals surface area contributed by atoms with Crippen molar-refractivity contribution in [1.29, 1.82) is 0 Å². The second-order valence-corrected chi connectivity index (χ2v) is 2.77. The van der Waals surface area contributed by atoms with Crippen LogP contribution in [0.15, 0.2) is 0 Å². The number of alkyl halides is 3. The van der Waals surface area contributed by atoms with E-state index >= 15 is 0 Å². The van der Waals surface area contributed by atoms with Crippen molar-refractivity contribution in [3.8, 4) is 0 Å². The summed E-state index contributed by atoms with van der Waals surface area (Å²) in [7, 11) is 0. The highest BCUT2D eigenvalue weighted by molar-refractivity contribution is 7.99. The van der Waals surface area contributed by atoms with E-state index in [2.05, 4.69) is 4.74 Å². The first kappa shape index (κ1) is 11.1. The van der Waals surface area contributed by atoms with Gasteiger partial charge in [0, 0.05) is 5.75 Å². The molecule has 0 aromatic heterocycles. The first-order chi connectivity index (χ1) is 5.06. The van der Waals surface area contributed by atoms with Crippen LogP contribution in [0.5, 0.6) is 0 Å². The van der Waals surface area contributed by atoms with E-state index < -0.39 is 12.8 Å². The highest BCUT2D eigenvalue weighted by Gasteiger charge is 2.27. The molecule has 0 bridgehead atoms. The second-order valence-electron chi connectivity index (χ2n) is 1.71. The molecule has 0 unspecified atom stereocenters. The van der Waals surface area contributed by atoms with Crippen LogP contribution in [0.2, 0.25) is 0 Å². The van der Waals surface area contributed by atoms with Gasteiger partial charge in [-0.3, -0.25) is 0 Å². The molecular formula is C5H9F3O2S. The highest BCUT2D eigenvalue weighted by atomic mass is 32.2. The largest absolute Gasteiger partial charge is 0.411 e. The maximum absolute atomic E-state index is 11.4. The molecule has 0 amide bonds. The number of hydrogen-bond donors (Lipinski definition) is 1. The van der Waals surface area contributed by atoms with Crippen LogP contribution < -0.4 is 0 Å². The van der Waals surface area contributed by atoms with Gasteiger partial charge in [-0.15, -0.1) is 11.8 Å². The minimum Gasteiger partial charge on any atom is -0.396 e. The summed E-state index contributed by atoms with van der Waals surface area (Å²) in [6.45, 7) is -1.26. The lowest BCUT2D eigenvalue weighted by atomic mass is 10.7. The van der Waals surface area contributed by atoms with Gasteiger partial charge >= 0.3 is 6.18 Å². The van der Waals surface area contributed by atoms with Crippen molar-refractivity contribution in [2.75, 3.05) is 24.9 Å². The van der Waals surface area contributed by atoms with Crippen LogP contribution in [0.25, 0.3) is 0 Å². The zero-order valence-electron chi connectivity index (χ0n) is 5.73. The Morgan fingerprint density at radius 2 is 2.00 bits per heavy atom. The van der Waals surface area contributed by atoms with Crippen molar-refractivity contribution in [3.05, 3.63) is 0 Å². The van der Waals surface area contributed by atoms with Gasteiger partial charge in [0.2, 0.25) is 0 Å². The molecule has 0 saturated carbocycles. The SMILES string of the molecule is OCCSCOCC(F)(F)F. The van der Waals surface area contributed by atoms with Gasteiger partial charge < -0.3 is 9.84 Å². The zero-order valence-corrected chi connectivity index (χ0v) is 6.54. The first-order valence-electron chi connectivity index (χ1n) is 2.89. The van der Waals surface area contributed by atoms with E-state index in [4.69, 9.17) is 5.11 Å². The molecule has 1 N–H and O–H groups in total. The van der Waals surface area contributed by atoms with E-state index in [1.165, 1.54) is 0 Å². The lowest BCUT2D eigenvalue weighted by Crippen LogP contribution is -2.16. The monoisotopic (exact) mass is 190 g/mol. The fraction of sp³-hybridized carbons (Fsp3) is 1.00. The van der Waals surface area contributed by atoms with Crippen LogP contribution in [0.3, 0.4) is 0 Å². The maximum Gasteiger partial charge on any atom is 0.411 e. The molecule has 0 aliphatic heterocycles. The van der Waals surface area contributed by atoms with Gasteiger partial charge in [0.05, 0.1) is 12.5 Å². The summed E-state index contributed by atoms with van der Waals surface area (Å²) in [5.74, 6) is 0.373. The summed E-state index contributed by atoms with van der Waals surface area (Å²) in [4.78, 5) is 0. The second kappa shape index (κ2) is 5.68. The van der Waals surface area contributed by atoms with Crippen LogP contribution in [-0.2, 0) is 4.74 Å². The van der Waals surface area contributed by atoms with E-state index in [1.807, 2.05) is 0 Å². The van der Waals surface area contributed by atoms with Crippen molar-refractivity contribution < 1.29 is 23.0 Å². The molecule has 0 saturated heterocycles. The first-order valence-corrected chi connectivity index (χ1v) is 4.05. The predicted molar refractivity (Wildman–Crippen MR) is 36.4 cm³/mol. The standard InChI is InChI=1S/C5H9F3O2S/c6-5(7,8)3-10-4-11-2-1-9/h9H,1-4H2. The molecule has 0 aliphatic rings. The molecular weight excluding hydrogens is 181 g/mol. The number of halogens is 3. The Hall–Kier alpha value is 0.0600. The van der Waals surface area contributed by atoms with Gasteiger partial charge in [-0.25, -0.2) is 0 Å². The summed E-state index contributed by atoms with van der Waals surface area (Å²) in [5.41, 5.74) is 0. The fourth-order valence-electron chi connectivity index (χ4n) is 0.340. The highest BCUT2D eigenvalue weighted by Crippen LogP contribution is 2.15. The fourth-order valence-corrected chi connectivity index (χ4v) is 0.788. The Labute approximate surface area is 66.7 Å². The molecule has 0 aliphatic carbocycles. The lowest BCUT2D eigenvalue weighted by molar-refractivity contribution is -0.168. The lowest BCUT2D eigenvalue weighted by Gasteiger charge is -2.06. The summed E-state index contributed by atoms with van der Waals surface area (Å²) >= 11 is 1.12. The third kappa shape index (κ3) is 10.1. The number of aliphatic hydroxyl groups is 1. The molecule has 0 rings (SSSR count). The van der Waals surface area contributed by atoms with E-state index in [0.29, 0.717) is 5.75 Å². The van der Waals surface area contributed by atoms with Crippen molar-refractivity contribution >= 4 is 11.8 Å². The average Bonchev–Trinajstić information content (AvgIpc) is 1.85. The van der Waals surface area contributed by atoms with Gasteiger partial charge in [0.1, 0.15) is 6.61 Å². The Kier molecular flexibility index (Phi) is 5.71. The Morgan fingerprint density at radius 3 is 2.45 bits per heavy atom. The third-order valence-electron chi connectivity index (χ3n) is 0.668. The maximum atomic E-state index is 11.4. The zero-order chi connectivity index (χ0) is 8.74. The molecule has 2 nitrogen and oxygen atoms in total. The minimum absolute atomic E-state index is 0.0277. The number of hydrogen-bond acceptors (Lipinski definition) is 3. The van der Waals surface area contributed by atoms with Gasteiger partial charge in [0.25, 0.3) is 0 Å². The van der Waals surface area contributed by atoms with Crippen molar-refractivity contribution in [1.82, 2.24) is 0 Å². The van der Waals surface area contributed by atoms with Gasteiger partial charge in [-0.2, -0.15) is 13.2 Å².